The Labute approximate surface area is 114 Å². The fraction of sp³-hybridized carbons (Fsp3) is 0.214. The molecule has 0 aliphatic carbocycles. The van der Waals surface area contributed by atoms with Crippen molar-refractivity contribution in [3.05, 3.63) is 52.6 Å². The number of rotatable bonds is 2. The van der Waals surface area contributed by atoms with Crippen LogP contribution in [0, 0.1) is 0 Å². The van der Waals surface area contributed by atoms with E-state index in [1.165, 1.54) is 6.07 Å². The SMILES string of the molecule is CC(C)(O)c1nn2ccccc2c1-c1ccc(=O)[nH]n1. The molecule has 0 amide bonds. The van der Waals surface area contributed by atoms with Crippen LogP contribution in [0.25, 0.3) is 16.8 Å². The lowest BCUT2D eigenvalue weighted by Crippen LogP contribution is -2.18. The third-order valence-electron chi connectivity index (χ3n) is 3.05. The lowest BCUT2D eigenvalue weighted by molar-refractivity contribution is 0.0741. The third-order valence-corrected chi connectivity index (χ3v) is 3.05. The first-order chi connectivity index (χ1) is 9.47. The average molecular weight is 270 g/mol. The summed E-state index contributed by atoms with van der Waals surface area (Å²) in [6.07, 6.45) is 1.81. The maximum atomic E-state index is 11.1. The number of fused-ring (bicyclic) bond motifs is 1. The zero-order valence-corrected chi connectivity index (χ0v) is 11.2. The van der Waals surface area contributed by atoms with Gasteiger partial charge in [-0.25, -0.2) is 9.61 Å². The zero-order valence-electron chi connectivity index (χ0n) is 11.2. The Morgan fingerprint density at radius 3 is 2.70 bits per heavy atom. The molecule has 0 saturated carbocycles. The van der Waals surface area contributed by atoms with Crippen molar-refractivity contribution < 1.29 is 5.11 Å². The minimum absolute atomic E-state index is 0.268. The highest BCUT2D eigenvalue weighted by Gasteiger charge is 2.27. The quantitative estimate of drug-likeness (QED) is 0.735. The summed E-state index contributed by atoms with van der Waals surface area (Å²) in [5.74, 6) is 0. The molecule has 6 nitrogen and oxygen atoms in total. The van der Waals surface area contributed by atoms with E-state index in [9.17, 15) is 9.90 Å². The molecule has 3 heterocycles. The van der Waals surface area contributed by atoms with Crippen molar-refractivity contribution in [3.63, 3.8) is 0 Å². The predicted molar refractivity (Wildman–Crippen MR) is 74.3 cm³/mol. The highest BCUT2D eigenvalue weighted by Crippen LogP contribution is 2.32. The molecule has 0 aromatic carbocycles. The number of nitrogens with zero attached hydrogens (tertiary/aromatic N) is 3. The second-order valence-corrected chi connectivity index (χ2v) is 5.12. The second kappa shape index (κ2) is 4.28. The first-order valence-corrected chi connectivity index (χ1v) is 6.23. The molecule has 6 heteroatoms. The van der Waals surface area contributed by atoms with E-state index >= 15 is 0 Å². The van der Waals surface area contributed by atoms with Crippen molar-refractivity contribution in [3.8, 4) is 11.3 Å². The summed E-state index contributed by atoms with van der Waals surface area (Å²) in [6.45, 7) is 3.34. The smallest absolute Gasteiger partial charge is 0.264 e. The van der Waals surface area contributed by atoms with Crippen LogP contribution in [-0.2, 0) is 5.60 Å². The number of pyridine rings is 1. The largest absolute Gasteiger partial charge is 0.384 e. The molecular weight excluding hydrogens is 256 g/mol. The Hall–Kier alpha value is -2.47. The third kappa shape index (κ3) is 2.00. The van der Waals surface area contributed by atoms with Crippen molar-refractivity contribution in [1.29, 1.82) is 0 Å². The molecule has 2 N–H and O–H groups in total. The van der Waals surface area contributed by atoms with Crippen LogP contribution in [-0.4, -0.2) is 24.9 Å². The fourth-order valence-electron chi connectivity index (χ4n) is 2.16. The van der Waals surface area contributed by atoms with Crippen molar-refractivity contribution in [2.24, 2.45) is 0 Å². The standard InChI is InChI=1S/C14H14N4O2/c1-14(2,20)13-12(9-6-7-11(19)16-15-9)10-5-3-4-8-18(10)17-13/h3-8,20H,1-2H3,(H,16,19). The van der Waals surface area contributed by atoms with Gasteiger partial charge in [0.25, 0.3) is 5.56 Å². The van der Waals surface area contributed by atoms with Crippen LogP contribution in [0.3, 0.4) is 0 Å². The number of aromatic amines is 1. The molecule has 0 bridgehead atoms. The van der Waals surface area contributed by atoms with Crippen molar-refractivity contribution in [2.45, 2.75) is 19.4 Å². The molecule has 3 aromatic rings. The van der Waals surface area contributed by atoms with Gasteiger partial charge in [-0.2, -0.15) is 10.2 Å². The zero-order chi connectivity index (χ0) is 14.3. The van der Waals surface area contributed by atoms with Crippen LogP contribution in [0.5, 0.6) is 0 Å². The molecule has 102 valence electrons. The molecule has 20 heavy (non-hydrogen) atoms. The van der Waals surface area contributed by atoms with Gasteiger partial charge in [-0.3, -0.25) is 4.79 Å². The van der Waals surface area contributed by atoms with Crippen LogP contribution < -0.4 is 5.56 Å². The molecule has 0 spiro atoms. The monoisotopic (exact) mass is 270 g/mol. The summed E-state index contributed by atoms with van der Waals surface area (Å²) in [6, 6.07) is 8.67. The van der Waals surface area contributed by atoms with Gasteiger partial charge < -0.3 is 5.11 Å². The summed E-state index contributed by atoms with van der Waals surface area (Å²) in [5, 5.41) is 21.2. The van der Waals surface area contributed by atoms with E-state index in [1.807, 2.05) is 18.2 Å². The Morgan fingerprint density at radius 1 is 1.25 bits per heavy atom. The van der Waals surface area contributed by atoms with Gasteiger partial charge in [0.2, 0.25) is 0 Å². The molecule has 0 aliphatic rings. The van der Waals surface area contributed by atoms with Gasteiger partial charge in [-0.05, 0) is 32.0 Å². The van der Waals surface area contributed by atoms with E-state index < -0.39 is 5.60 Å². The maximum absolute atomic E-state index is 11.1. The molecule has 0 radical (unpaired) electrons. The molecule has 0 unspecified atom stereocenters. The molecule has 0 saturated heterocycles. The van der Waals surface area contributed by atoms with E-state index in [4.69, 9.17) is 0 Å². The first kappa shape index (κ1) is 12.6. The van der Waals surface area contributed by atoms with Gasteiger partial charge in [-0.15, -0.1) is 0 Å². The van der Waals surface area contributed by atoms with E-state index in [2.05, 4.69) is 15.3 Å². The van der Waals surface area contributed by atoms with E-state index in [1.54, 1.807) is 30.6 Å². The summed E-state index contributed by atoms with van der Waals surface area (Å²) >= 11 is 0. The van der Waals surface area contributed by atoms with Crippen molar-refractivity contribution >= 4 is 5.52 Å². The van der Waals surface area contributed by atoms with Gasteiger partial charge in [0.15, 0.2) is 0 Å². The number of aliphatic hydroxyl groups is 1. The number of nitrogens with one attached hydrogen (secondary N) is 1. The first-order valence-electron chi connectivity index (χ1n) is 6.23. The van der Waals surface area contributed by atoms with Gasteiger partial charge >= 0.3 is 0 Å². The van der Waals surface area contributed by atoms with Gasteiger partial charge in [-0.1, -0.05) is 6.07 Å². The van der Waals surface area contributed by atoms with Crippen molar-refractivity contribution in [1.82, 2.24) is 19.8 Å². The normalized spacial score (nSPS) is 11.9. The minimum atomic E-state index is -1.11. The summed E-state index contributed by atoms with van der Waals surface area (Å²) in [7, 11) is 0. The highest BCUT2D eigenvalue weighted by molar-refractivity contribution is 5.80. The lowest BCUT2D eigenvalue weighted by atomic mass is 9.98. The lowest BCUT2D eigenvalue weighted by Gasteiger charge is -2.15. The topological polar surface area (TPSA) is 83.3 Å². The highest BCUT2D eigenvalue weighted by atomic mass is 16.3. The molecule has 3 aromatic heterocycles. The van der Waals surface area contributed by atoms with Crippen molar-refractivity contribution in [2.75, 3.05) is 0 Å². The number of aromatic nitrogens is 4. The maximum Gasteiger partial charge on any atom is 0.264 e. The van der Waals surface area contributed by atoms with Crippen LogP contribution in [0.4, 0.5) is 0 Å². The van der Waals surface area contributed by atoms with E-state index in [-0.39, 0.29) is 5.56 Å². The van der Waals surface area contributed by atoms with E-state index in [0.29, 0.717) is 17.0 Å². The van der Waals surface area contributed by atoms with Crippen LogP contribution in [0.15, 0.2) is 41.3 Å². The van der Waals surface area contributed by atoms with Crippen LogP contribution in [0.2, 0.25) is 0 Å². The molecule has 0 atom stereocenters. The Balaban J connectivity index is 2.37. The Bertz CT molecular complexity index is 807. The van der Waals surface area contributed by atoms with Gasteiger partial charge in [0.05, 0.1) is 16.8 Å². The predicted octanol–water partition coefficient (Wildman–Crippen LogP) is 1.31. The summed E-state index contributed by atoms with van der Waals surface area (Å²) < 4.78 is 1.69. The number of H-pyrrole nitrogens is 1. The number of hydrogen-bond acceptors (Lipinski definition) is 4. The Kier molecular flexibility index (Phi) is 2.69. The average Bonchev–Trinajstić information content (AvgIpc) is 2.79. The van der Waals surface area contributed by atoms with E-state index in [0.717, 1.165) is 5.52 Å². The second-order valence-electron chi connectivity index (χ2n) is 5.12. The Morgan fingerprint density at radius 2 is 2.05 bits per heavy atom. The fourth-order valence-corrected chi connectivity index (χ4v) is 2.16. The summed E-state index contributed by atoms with van der Waals surface area (Å²) in [5.41, 5.74) is 1.25. The van der Waals surface area contributed by atoms with Gasteiger partial charge in [0, 0.05) is 12.3 Å². The molecule has 0 fully saturated rings. The van der Waals surface area contributed by atoms with Crippen LogP contribution in [0.1, 0.15) is 19.5 Å². The summed E-state index contributed by atoms with van der Waals surface area (Å²) in [4.78, 5) is 11.1. The van der Waals surface area contributed by atoms with Crippen LogP contribution >= 0.6 is 0 Å². The molecular formula is C14H14N4O2. The molecule has 0 aliphatic heterocycles. The number of hydrogen-bond donors (Lipinski definition) is 2. The minimum Gasteiger partial charge on any atom is -0.384 e. The van der Waals surface area contributed by atoms with Gasteiger partial charge in [0.1, 0.15) is 11.3 Å². The molecule has 3 rings (SSSR count).